The van der Waals surface area contributed by atoms with Crippen LogP contribution in [0, 0.1) is 6.92 Å². The van der Waals surface area contributed by atoms with Crippen molar-refractivity contribution in [2.24, 2.45) is 0 Å². The van der Waals surface area contributed by atoms with Crippen molar-refractivity contribution in [1.29, 1.82) is 0 Å². The Morgan fingerprint density at radius 2 is 2.03 bits per heavy atom. The monoisotopic (exact) mass is 443 g/mol. The average Bonchev–Trinajstić information content (AvgIpc) is 2.92. The van der Waals surface area contributed by atoms with Crippen molar-refractivity contribution in [2.75, 3.05) is 13.7 Å². The number of aryl methyl sites for hydroxylation is 1. The molecule has 1 unspecified atom stereocenters. The topological polar surface area (TPSA) is 73.2 Å². The Morgan fingerprint density at radius 1 is 1.20 bits per heavy atom. The van der Waals surface area contributed by atoms with Crippen LogP contribution in [0.5, 0.6) is 5.75 Å². The average molecular weight is 444 g/mol. The SMILES string of the molecule is COc1ccc(C)cc1-n1c(SC2CCCCNC2=O)nc2cc(Cl)ccc2c1=O. The molecule has 1 saturated heterocycles. The fourth-order valence-corrected chi connectivity index (χ4v) is 4.89. The van der Waals surface area contributed by atoms with Gasteiger partial charge in [-0.05, 0) is 55.7 Å². The van der Waals surface area contributed by atoms with Crippen LogP contribution in [-0.2, 0) is 4.79 Å². The molecule has 2 heterocycles. The number of carbonyl (C=O) groups is 1. The van der Waals surface area contributed by atoms with Gasteiger partial charge in [0.25, 0.3) is 5.56 Å². The molecular weight excluding hydrogens is 422 g/mol. The third-order valence-electron chi connectivity index (χ3n) is 5.11. The standard InChI is InChI=1S/C22H22ClN3O3S/c1-13-6-9-18(29-2)17(11-13)26-21(28)15-8-7-14(23)12-16(15)25-22(26)30-19-5-3-4-10-24-20(19)27/h6-9,11-12,19H,3-5,10H2,1-2H3,(H,24,27). The minimum atomic E-state index is -0.321. The normalized spacial score (nSPS) is 16.9. The van der Waals surface area contributed by atoms with Crippen molar-refractivity contribution in [3.63, 3.8) is 0 Å². The summed E-state index contributed by atoms with van der Waals surface area (Å²) < 4.78 is 7.08. The fourth-order valence-electron chi connectivity index (χ4n) is 3.56. The van der Waals surface area contributed by atoms with Crippen LogP contribution in [0.15, 0.2) is 46.3 Å². The molecule has 1 N–H and O–H groups in total. The predicted molar refractivity (Wildman–Crippen MR) is 120 cm³/mol. The second-order valence-electron chi connectivity index (χ2n) is 7.27. The highest BCUT2D eigenvalue weighted by atomic mass is 35.5. The summed E-state index contributed by atoms with van der Waals surface area (Å²) in [7, 11) is 1.57. The molecule has 0 bridgehead atoms. The summed E-state index contributed by atoms with van der Waals surface area (Å²) in [6, 6.07) is 10.7. The molecule has 1 aliphatic heterocycles. The Bertz CT molecular complexity index is 1180. The molecule has 3 aromatic rings. The molecule has 6 nitrogen and oxygen atoms in total. The van der Waals surface area contributed by atoms with Crippen molar-refractivity contribution in [2.45, 2.75) is 36.6 Å². The third kappa shape index (κ3) is 4.04. The van der Waals surface area contributed by atoms with Crippen molar-refractivity contribution in [3.8, 4) is 11.4 Å². The maximum Gasteiger partial charge on any atom is 0.266 e. The molecule has 156 valence electrons. The number of benzene rings is 2. The van der Waals surface area contributed by atoms with Crippen LogP contribution in [0.4, 0.5) is 0 Å². The van der Waals surface area contributed by atoms with Crippen LogP contribution in [0.25, 0.3) is 16.6 Å². The van der Waals surface area contributed by atoms with Crippen molar-refractivity contribution < 1.29 is 9.53 Å². The van der Waals surface area contributed by atoms with Crippen LogP contribution in [0.2, 0.25) is 5.02 Å². The van der Waals surface area contributed by atoms with E-state index in [-0.39, 0.29) is 16.7 Å². The second kappa shape index (κ2) is 8.70. The smallest absolute Gasteiger partial charge is 0.266 e. The van der Waals surface area contributed by atoms with Gasteiger partial charge in [-0.25, -0.2) is 4.98 Å². The Balaban J connectivity index is 1.95. The minimum absolute atomic E-state index is 0.0271. The summed E-state index contributed by atoms with van der Waals surface area (Å²) in [4.78, 5) is 30.8. The first kappa shape index (κ1) is 20.8. The van der Waals surface area contributed by atoms with E-state index in [9.17, 15) is 9.59 Å². The number of hydrogen-bond donors (Lipinski definition) is 1. The first-order valence-electron chi connectivity index (χ1n) is 9.79. The third-order valence-corrected chi connectivity index (χ3v) is 6.56. The molecule has 30 heavy (non-hydrogen) atoms. The summed E-state index contributed by atoms with van der Waals surface area (Å²) in [6.07, 6.45) is 2.61. The molecule has 1 atom stereocenters. The molecule has 1 aromatic heterocycles. The van der Waals surface area contributed by atoms with Gasteiger partial charge in [0.05, 0.1) is 29.0 Å². The van der Waals surface area contributed by atoms with Gasteiger partial charge < -0.3 is 10.1 Å². The van der Waals surface area contributed by atoms with E-state index in [1.807, 2.05) is 25.1 Å². The maximum absolute atomic E-state index is 13.5. The number of fused-ring (bicyclic) bond motifs is 1. The minimum Gasteiger partial charge on any atom is -0.495 e. The Kier molecular flexibility index (Phi) is 6.01. The molecule has 0 spiro atoms. The van der Waals surface area contributed by atoms with Gasteiger partial charge in [-0.3, -0.25) is 14.2 Å². The van der Waals surface area contributed by atoms with Gasteiger partial charge in [-0.2, -0.15) is 0 Å². The zero-order valence-electron chi connectivity index (χ0n) is 16.8. The summed E-state index contributed by atoms with van der Waals surface area (Å²) in [6.45, 7) is 2.63. The lowest BCUT2D eigenvalue weighted by atomic mass is 10.2. The van der Waals surface area contributed by atoms with Gasteiger partial charge in [-0.1, -0.05) is 35.9 Å². The molecule has 1 amide bonds. The number of aromatic nitrogens is 2. The van der Waals surface area contributed by atoms with E-state index in [1.54, 1.807) is 29.9 Å². The molecule has 2 aromatic carbocycles. The number of thioether (sulfide) groups is 1. The van der Waals surface area contributed by atoms with E-state index in [4.69, 9.17) is 21.3 Å². The molecule has 8 heteroatoms. The molecule has 4 rings (SSSR count). The van der Waals surface area contributed by atoms with E-state index in [0.717, 1.165) is 24.8 Å². The highest BCUT2D eigenvalue weighted by Gasteiger charge is 2.26. The van der Waals surface area contributed by atoms with Gasteiger partial charge in [0.15, 0.2) is 5.16 Å². The van der Waals surface area contributed by atoms with Gasteiger partial charge in [-0.15, -0.1) is 0 Å². The second-order valence-corrected chi connectivity index (χ2v) is 8.87. The zero-order chi connectivity index (χ0) is 21.3. The highest BCUT2D eigenvalue weighted by Crippen LogP contribution is 2.32. The van der Waals surface area contributed by atoms with E-state index in [1.165, 1.54) is 11.8 Å². The van der Waals surface area contributed by atoms with Gasteiger partial charge in [0.2, 0.25) is 5.91 Å². The summed E-state index contributed by atoms with van der Waals surface area (Å²) in [5, 5.41) is 4.03. The van der Waals surface area contributed by atoms with Crippen LogP contribution in [-0.4, -0.2) is 34.4 Å². The van der Waals surface area contributed by atoms with Crippen molar-refractivity contribution in [3.05, 3.63) is 57.3 Å². The summed E-state index contributed by atoms with van der Waals surface area (Å²) in [5.41, 5.74) is 1.87. The van der Waals surface area contributed by atoms with E-state index < -0.39 is 0 Å². The van der Waals surface area contributed by atoms with E-state index in [0.29, 0.717) is 39.1 Å². The number of nitrogens with zero attached hydrogens (tertiary/aromatic N) is 2. The lowest BCUT2D eigenvalue weighted by molar-refractivity contribution is -0.120. The Labute approximate surface area is 183 Å². The lowest BCUT2D eigenvalue weighted by Gasteiger charge is -2.19. The van der Waals surface area contributed by atoms with Crippen molar-refractivity contribution in [1.82, 2.24) is 14.9 Å². The molecule has 1 fully saturated rings. The summed E-state index contributed by atoms with van der Waals surface area (Å²) in [5.74, 6) is 0.533. The van der Waals surface area contributed by atoms with Crippen LogP contribution < -0.4 is 15.6 Å². The zero-order valence-corrected chi connectivity index (χ0v) is 18.3. The first-order valence-corrected chi connectivity index (χ1v) is 11.1. The van der Waals surface area contributed by atoms with E-state index >= 15 is 0 Å². The lowest BCUT2D eigenvalue weighted by Crippen LogP contribution is -2.31. The number of nitrogens with one attached hydrogen (secondary N) is 1. The molecule has 0 saturated carbocycles. The number of amides is 1. The molecule has 1 aliphatic rings. The van der Waals surface area contributed by atoms with Gasteiger partial charge >= 0.3 is 0 Å². The number of carbonyl (C=O) groups excluding carboxylic acids is 1. The molecule has 0 radical (unpaired) electrons. The van der Waals surface area contributed by atoms with Crippen LogP contribution in [0.3, 0.4) is 0 Å². The number of rotatable bonds is 4. The predicted octanol–water partition coefficient (Wildman–Crippen LogP) is 4.12. The quantitative estimate of drug-likeness (QED) is 0.614. The van der Waals surface area contributed by atoms with Gasteiger partial charge in [0.1, 0.15) is 5.75 Å². The molecule has 0 aliphatic carbocycles. The summed E-state index contributed by atoms with van der Waals surface area (Å²) >= 11 is 7.45. The van der Waals surface area contributed by atoms with Crippen LogP contribution in [0.1, 0.15) is 24.8 Å². The maximum atomic E-state index is 13.5. The highest BCUT2D eigenvalue weighted by molar-refractivity contribution is 8.00. The van der Waals surface area contributed by atoms with Crippen molar-refractivity contribution >= 4 is 40.2 Å². The first-order chi connectivity index (χ1) is 14.5. The molecular formula is C22H22ClN3O3S. The number of halogens is 1. The Morgan fingerprint density at radius 3 is 2.83 bits per heavy atom. The Hall–Kier alpha value is -2.51. The number of methoxy groups -OCH3 is 1. The fraction of sp³-hybridized carbons (Fsp3) is 0.318. The largest absolute Gasteiger partial charge is 0.495 e. The number of ether oxygens (including phenoxy) is 1. The van der Waals surface area contributed by atoms with Crippen LogP contribution >= 0.6 is 23.4 Å². The number of hydrogen-bond acceptors (Lipinski definition) is 5. The van der Waals surface area contributed by atoms with E-state index in [2.05, 4.69) is 5.32 Å². The van der Waals surface area contributed by atoms with Gasteiger partial charge in [0, 0.05) is 11.6 Å².